The van der Waals surface area contributed by atoms with Crippen LogP contribution in [0.25, 0.3) is 0 Å². The topological polar surface area (TPSA) is 54.6 Å². The summed E-state index contributed by atoms with van der Waals surface area (Å²) < 4.78 is 1.81. The lowest BCUT2D eigenvalue weighted by molar-refractivity contribution is 0.893. The fraction of sp³-hybridized carbons (Fsp3) is 0.182. The monoisotopic (exact) mass is 215 g/mol. The van der Waals surface area contributed by atoms with Gasteiger partial charge in [0.15, 0.2) is 0 Å². The molecule has 1 aromatic carbocycles. The predicted octanol–water partition coefficient (Wildman–Crippen LogP) is 2.88. The van der Waals surface area contributed by atoms with Crippen LogP contribution in [-0.4, -0.2) is 16.6 Å². The highest BCUT2D eigenvalue weighted by Gasteiger charge is 1.99. The summed E-state index contributed by atoms with van der Waals surface area (Å²) in [6.45, 7) is 0. The molecule has 82 valence electrons. The van der Waals surface area contributed by atoms with Gasteiger partial charge in [0, 0.05) is 26.5 Å². The van der Waals surface area contributed by atoms with E-state index in [1.165, 1.54) is 0 Å². The molecule has 1 heterocycles. The van der Waals surface area contributed by atoms with Gasteiger partial charge < -0.3 is 9.88 Å². The number of nitrogens with zero attached hydrogens (tertiary/aromatic N) is 4. The van der Waals surface area contributed by atoms with E-state index in [0.717, 1.165) is 11.4 Å². The molecule has 0 bridgehead atoms. The average molecular weight is 215 g/mol. The first kappa shape index (κ1) is 10.4. The molecule has 5 heteroatoms. The van der Waals surface area contributed by atoms with Crippen LogP contribution < -0.4 is 5.32 Å². The van der Waals surface area contributed by atoms with Gasteiger partial charge >= 0.3 is 0 Å². The summed E-state index contributed by atoms with van der Waals surface area (Å²) in [5.41, 5.74) is 1.74. The van der Waals surface area contributed by atoms with Crippen molar-refractivity contribution in [3.8, 4) is 0 Å². The van der Waals surface area contributed by atoms with E-state index in [9.17, 15) is 0 Å². The highest BCUT2D eigenvalue weighted by Crippen LogP contribution is 2.25. The molecule has 0 aliphatic heterocycles. The molecule has 0 aliphatic rings. The predicted molar refractivity (Wildman–Crippen MR) is 63.4 cm³/mol. The molecule has 0 unspecified atom stereocenters. The quantitative estimate of drug-likeness (QED) is 0.800. The maximum absolute atomic E-state index is 4.16. The Balaban J connectivity index is 2.27. The molecule has 0 radical (unpaired) electrons. The number of aryl methyl sites for hydroxylation is 1. The van der Waals surface area contributed by atoms with Gasteiger partial charge in [-0.2, -0.15) is 0 Å². The fourth-order valence-electron chi connectivity index (χ4n) is 1.32. The van der Waals surface area contributed by atoms with Crippen molar-refractivity contribution >= 4 is 17.3 Å². The molecular weight excluding hydrogens is 202 g/mol. The van der Waals surface area contributed by atoms with Gasteiger partial charge in [-0.25, -0.2) is 4.98 Å². The van der Waals surface area contributed by atoms with Crippen LogP contribution in [0.15, 0.2) is 46.9 Å². The first-order chi connectivity index (χ1) is 7.81. The Morgan fingerprint density at radius 1 is 1.25 bits per heavy atom. The molecule has 0 saturated carbocycles. The largest absolute Gasteiger partial charge is 0.386 e. The van der Waals surface area contributed by atoms with E-state index in [0.29, 0.717) is 5.95 Å². The Morgan fingerprint density at radius 3 is 2.75 bits per heavy atom. The number of anilines is 1. The zero-order valence-electron chi connectivity index (χ0n) is 9.25. The number of para-hydroxylation sites is 1. The van der Waals surface area contributed by atoms with Crippen LogP contribution in [0.3, 0.4) is 0 Å². The number of azo groups is 1. The molecule has 5 nitrogen and oxygen atoms in total. The average Bonchev–Trinajstić information content (AvgIpc) is 2.72. The van der Waals surface area contributed by atoms with E-state index in [1.807, 2.05) is 49.1 Å². The molecule has 0 spiro atoms. The van der Waals surface area contributed by atoms with Gasteiger partial charge in [-0.05, 0) is 12.1 Å². The zero-order valence-corrected chi connectivity index (χ0v) is 9.25. The smallest absolute Gasteiger partial charge is 0.249 e. The maximum Gasteiger partial charge on any atom is 0.249 e. The van der Waals surface area contributed by atoms with Crippen molar-refractivity contribution in [2.75, 3.05) is 12.4 Å². The highest BCUT2D eigenvalue weighted by atomic mass is 15.2. The molecule has 16 heavy (non-hydrogen) atoms. The highest BCUT2D eigenvalue weighted by molar-refractivity contribution is 5.64. The molecule has 0 fully saturated rings. The summed E-state index contributed by atoms with van der Waals surface area (Å²) >= 11 is 0. The molecule has 0 amide bonds. The van der Waals surface area contributed by atoms with Gasteiger partial charge in [-0.15, -0.1) is 10.2 Å². The molecule has 0 saturated heterocycles. The van der Waals surface area contributed by atoms with Crippen molar-refractivity contribution in [3.05, 3.63) is 36.7 Å². The molecule has 0 aliphatic carbocycles. The fourth-order valence-corrected chi connectivity index (χ4v) is 1.32. The van der Waals surface area contributed by atoms with Crippen LogP contribution in [0.4, 0.5) is 17.3 Å². The molecule has 2 aromatic rings. The van der Waals surface area contributed by atoms with E-state index in [1.54, 1.807) is 6.20 Å². The number of nitrogens with one attached hydrogen (secondary N) is 1. The Bertz CT molecular complexity index is 501. The second kappa shape index (κ2) is 4.57. The third kappa shape index (κ3) is 2.08. The number of aromatic nitrogens is 2. The minimum atomic E-state index is 0.589. The molecule has 2 rings (SSSR count). The van der Waals surface area contributed by atoms with Crippen molar-refractivity contribution in [1.82, 2.24) is 9.55 Å². The molecule has 1 N–H and O–H groups in total. The lowest BCUT2D eigenvalue weighted by Gasteiger charge is -2.02. The van der Waals surface area contributed by atoms with Gasteiger partial charge in [-0.1, -0.05) is 12.1 Å². The second-order valence-corrected chi connectivity index (χ2v) is 3.31. The Hall–Kier alpha value is -2.17. The van der Waals surface area contributed by atoms with Crippen LogP contribution in [0.2, 0.25) is 0 Å². The first-order valence-electron chi connectivity index (χ1n) is 4.97. The lowest BCUT2D eigenvalue weighted by atomic mass is 10.3. The van der Waals surface area contributed by atoms with Crippen LogP contribution in [0, 0.1) is 0 Å². The van der Waals surface area contributed by atoms with Crippen LogP contribution in [0.1, 0.15) is 0 Å². The third-order valence-corrected chi connectivity index (χ3v) is 2.22. The van der Waals surface area contributed by atoms with E-state index in [2.05, 4.69) is 20.5 Å². The van der Waals surface area contributed by atoms with Crippen molar-refractivity contribution in [3.63, 3.8) is 0 Å². The number of imidazole rings is 1. The van der Waals surface area contributed by atoms with Gasteiger partial charge in [0.05, 0.1) is 5.69 Å². The Kier molecular flexibility index (Phi) is 2.95. The summed E-state index contributed by atoms with van der Waals surface area (Å²) in [4.78, 5) is 4.07. The molecule has 1 aromatic heterocycles. The summed E-state index contributed by atoms with van der Waals surface area (Å²) in [5, 5.41) is 11.3. The Morgan fingerprint density at radius 2 is 2.06 bits per heavy atom. The zero-order chi connectivity index (χ0) is 11.4. The van der Waals surface area contributed by atoms with E-state index < -0.39 is 0 Å². The summed E-state index contributed by atoms with van der Waals surface area (Å²) in [6, 6.07) is 7.73. The summed E-state index contributed by atoms with van der Waals surface area (Å²) in [6.07, 6.45) is 3.52. The van der Waals surface area contributed by atoms with Gasteiger partial charge in [0.25, 0.3) is 0 Å². The van der Waals surface area contributed by atoms with Gasteiger partial charge in [0.1, 0.15) is 5.69 Å². The van der Waals surface area contributed by atoms with Crippen LogP contribution in [0.5, 0.6) is 0 Å². The number of benzene rings is 1. The SMILES string of the molecule is CNc1ccccc1N=Nc1nccn1C. The number of hydrogen-bond acceptors (Lipinski definition) is 4. The minimum Gasteiger partial charge on any atom is -0.386 e. The van der Waals surface area contributed by atoms with Gasteiger partial charge in [0.2, 0.25) is 5.95 Å². The number of hydrogen-bond donors (Lipinski definition) is 1. The third-order valence-electron chi connectivity index (χ3n) is 2.22. The standard InChI is InChI=1S/C11H13N5/c1-12-9-5-3-4-6-10(9)14-15-11-13-7-8-16(11)2/h3-8,12H,1-2H3. The molecular formula is C11H13N5. The molecule has 0 atom stereocenters. The second-order valence-electron chi connectivity index (χ2n) is 3.31. The minimum absolute atomic E-state index is 0.589. The van der Waals surface area contributed by atoms with Gasteiger partial charge in [-0.3, -0.25) is 0 Å². The normalized spacial score (nSPS) is 10.9. The first-order valence-corrected chi connectivity index (χ1v) is 4.97. The van der Waals surface area contributed by atoms with Crippen LogP contribution in [-0.2, 0) is 7.05 Å². The van der Waals surface area contributed by atoms with E-state index in [4.69, 9.17) is 0 Å². The van der Waals surface area contributed by atoms with Crippen molar-refractivity contribution in [1.29, 1.82) is 0 Å². The van der Waals surface area contributed by atoms with Crippen LogP contribution >= 0.6 is 0 Å². The van der Waals surface area contributed by atoms with E-state index in [-0.39, 0.29) is 0 Å². The summed E-state index contributed by atoms with van der Waals surface area (Å²) in [7, 11) is 3.74. The van der Waals surface area contributed by atoms with Crippen molar-refractivity contribution in [2.24, 2.45) is 17.3 Å². The Labute approximate surface area is 93.9 Å². The lowest BCUT2D eigenvalue weighted by Crippen LogP contribution is -1.87. The van der Waals surface area contributed by atoms with Crippen molar-refractivity contribution < 1.29 is 0 Å². The van der Waals surface area contributed by atoms with E-state index >= 15 is 0 Å². The number of rotatable bonds is 3. The van der Waals surface area contributed by atoms with Crippen molar-refractivity contribution in [2.45, 2.75) is 0 Å². The maximum atomic E-state index is 4.16. The summed E-state index contributed by atoms with van der Waals surface area (Å²) in [5.74, 6) is 0.589.